The SMILES string of the molecule is COc1cccc(-c2noc(-c3ccc(NC[C@@H]4CCCOC4)nc3)n2)c1OC. The summed E-state index contributed by atoms with van der Waals surface area (Å²) in [5.74, 6) is 3.33. The number of hydrogen-bond acceptors (Lipinski definition) is 8. The van der Waals surface area contributed by atoms with Gasteiger partial charge in [0.1, 0.15) is 5.82 Å². The van der Waals surface area contributed by atoms with E-state index in [0.29, 0.717) is 34.7 Å². The molecule has 8 nitrogen and oxygen atoms in total. The summed E-state index contributed by atoms with van der Waals surface area (Å²) < 4.78 is 21.7. The minimum atomic E-state index is 0.393. The van der Waals surface area contributed by atoms with Crippen LogP contribution in [0, 0.1) is 5.92 Å². The summed E-state index contributed by atoms with van der Waals surface area (Å²) in [4.78, 5) is 8.95. The first kappa shape index (κ1) is 19.2. The van der Waals surface area contributed by atoms with Gasteiger partial charge in [0.05, 0.1) is 32.0 Å². The fourth-order valence-electron chi connectivity index (χ4n) is 3.36. The Morgan fingerprint density at radius 1 is 1.17 bits per heavy atom. The van der Waals surface area contributed by atoms with E-state index in [1.165, 1.54) is 6.42 Å². The highest BCUT2D eigenvalue weighted by Gasteiger charge is 2.18. The summed E-state index contributed by atoms with van der Waals surface area (Å²) in [7, 11) is 3.17. The van der Waals surface area contributed by atoms with Crippen molar-refractivity contribution in [2.45, 2.75) is 12.8 Å². The Bertz CT molecular complexity index is 936. The normalized spacial score (nSPS) is 16.4. The molecule has 0 radical (unpaired) electrons. The Morgan fingerprint density at radius 2 is 2.10 bits per heavy atom. The van der Waals surface area contributed by atoms with Crippen LogP contribution in [0.5, 0.6) is 11.5 Å². The van der Waals surface area contributed by atoms with E-state index in [1.807, 2.05) is 30.3 Å². The Labute approximate surface area is 169 Å². The van der Waals surface area contributed by atoms with Crippen molar-refractivity contribution in [2.24, 2.45) is 5.92 Å². The maximum absolute atomic E-state index is 5.51. The third-order valence-corrected chi connectivity index (χ3v) is 4.91. The Kier molecular flexibility index (Phi) is 5.90. The summed E-state index contributed by atoms with van der Waals surface area (Å²) >= 11 is 0. The molecule has 0 aliphatic carbocycles. The van der Waals surface area contributed by atoms with Gasteiger partial charge < -0.3 is 24.1 Å². The van der Waals surface area contributed by atoms with Crippen LogP contribution in [0.25, 0.3) is 22.8 Å². The number of ether oxygens (including phenoxy) is 3. The molecule has 0 spiro atoms. The summed E-state index contributed by atoms with van der Waals surface area (Å²) in [6, 6.07) is 9.35. The lowest BCUT2D eigenvalue weighted by Gasteiger charge is -2.22. The van der Waals surface area contributed by atoms with E-state index < -0.39 is 0 Å². The van der Waals surface area contributed by atoms with Gasteiger partial charge in [-0.3, -0.25) is 0 Å². The van der Waals surface area contributed by atoms with Gasteiger partial charge in [0, 0.05) is 19.3 Å². The monoisotopic (exact) mass is 396 g/mol. The number of nitrogens with one attached hydrogen (secondary N) is 1. The van der Waals surface area contributed by atoms with Crippen molar-refractivity contribution in [3.63, 3.8) is 0 Å². The van der Waals surface area contributed by atoms with Crippen LogP contribution >= 0.6 is 0 Å². The number of methoxy groups -OCH3 is 2. The molecular weight excluding hydrogens is 372 g/mol. The van der Waals surface area contributed by atoms with Crippen molar-refractivity contribution in [1.29, 1.82) is 0 Å². The van der Waals surface area contributed by atoms with Crippen LogP contribution in [-0.2, 0) is 4.74 Å². The van der Waals surface area contributed by atoms with Crippen LogP contribution in [-0.4, -0.2) is 49.1 Å². The van der Waals surface area contributed by atoms with E-state index in [4.69, 9.17) is 18.7 Å². The van der Waals surface area contributed by atoms with Gasteiger partial charge >= 0.3 is 0 Å². The molecule has 0 unspecified atom stereocenters. The molecule has 1 N–H and O–H groups in total. The van der Waals surface area contributed by atoms with Crippen LogP contribution in [0.2, 0.25) is 0 Å². The van der Waals surface area contributed by atoms with Gasteiger partial charge in [-0.2, -0.15) is 4.98 Å². The molecule has 2 aromatic heterocycles. The van der Waals surface area contributed by atoms with Crippen molar-refractivity contribution in [2.75, 3.05) is 39.3 Å². The molecule has 1 aliphatic rings. The topological polar surface area (TPSA) is 91.5 Å². The first-order chi connectivity index (χ1) is 14.3. The van der Waals surface area contributed by atoms with Gasteiger partial charge in [0.2, 0.25) is 5.82 Å². The first-order valence-corrected chi connectivity index (χ1v) is 9.61. The Morgan fingerprint density at radius 3 is 2.83 bits per heavy atom. The second kappa shape index (κ2) is 8.91. The van der Waals surface area contributed by atoms with Crippen LogP contribution in [0.15, 0.2) is 41.1 Å². The van der Waals surface area contributed by atoms with Crippen molar-refractivity contribution in [3.05, 3.63) is 36.5 Å². The predicted octanol–water partition coefficient (Wildman–Crippen LogP) is 3.65. The number of para-hydroxylation sites is 1. The van der Waals surface area contributed by atoms with Crippen molar-refractivity contribution >= 4 is 5.82 Å². The lowest BCUT2D eigenvalue weighted by atomic mass is 10.0. The fourth-order valence-corrected chi connectivity index (χ4v) is 3.36. The number of anilines is 1. The molecule has 1 atom stereocenters. The molecule has 8 heteroatoms. The molecule has 1 aromatic carbocycles. The zero-order valence-corrected chi connectivity index (χ0v) is 16.6. The number of rotatable bonds is 7. The van der Waals surface area contributed by atoms with Crippen molar-refractivity contribution in [1.82, 2.24) is 15.1 Å². The van der Waals surface area contributed by atoms with E-state index in [9.17, 15) is 0 Å². The van der Waals surface area contributed by atoms with Crippen molar-refractivity contribution in [3.8, 4) is 34.3 Å². The maximum atomic E-state index is 5.51. The Hall–Kier alpha value is -3.13. The van der Waals surface area contributed by atoms with Gasteiger partial charge in [-0.15, -0.1) is 0 Å². The summed E-state index contributed by atoms with van der Waals surface area (Å²) in [6.45, 7) is 2.54. The maximum Gasteiger partial charge on any atom is 0.259 e. The molecule has 1 saturated heterocycles. The number of nitrogens with zero attached hydrogens (tertiary/aromatic N) is 3. The lowest BCUT2D eigenvalue weighted by molar-refractivity contribution is 0.0595. The number of pyridine rings is 1. The van der Waals surface area contributed by atoms with E-state index in [1.54, 1.807) is 20.4 Å². The van der Waals surface area contributed by atoms with Crippen LogP contribution in [0.1, 0.15) is 12.8 Å². The summed E-state index contributed by atoms with van der Waals surface area (Å²) in [6.07, 6.45) is 4.03. The number of benzene rings is 1. The van der Waals surface area contributed by atoms with E-state index >= 15 is 0 Å². The van der Waals surface area contributed by atoms with Gasteiger partial charge in [0.25, 0.3) is 5.89 Å². The molecular formula is C21H24N4O4. The molecule has 0 amide bonds. The second-order valence-electron chi connectivity index (χ2n) is 6.86. The first-order valence-electron chi connectivity index (χ1n) is 9.61. The molecule has 0 saturated carbocycles. The highest BCUT2D eigenvalue weighted by molar-refractivity contribution is 5.69. The van der Waals surface area contributed by atoms with Crippen LogP contribution in [0.3, 0.4) is 0 Å². The van der Waals surface area contributed by atoms with Gasteiger partial charge in [0.15, 0.2) is 11.5 Å². The van der Waals surface area contributed by atoms with Crippen molar-refractivity contribution < 1.29 is 18.7 Å². The summed E-state index contributed by atoms with van der Waals surface area (Å²) in [5, 5.41) is 7.45. The second-order valence-corrected chi connectivity index (χ2v) is 6.86. The molecule has 1 fully saturated rings. The summed E-state index contributed by atoms with van der Waals surface area (Å²) in [5.41, 5.74) is 1.44. The number of aromatic nitrogens is 3. The minimum absolute atomic E-state index is 0.393. The van der Waals surface area contributed by atoms with E-state index in [0.717, 1.165) is 37.6 Å². The lowest BCUT2D eigenvalue weighted by Crippen LogP contribution is -2.24. The average Bonchev–Trinajstić information content (AvgIpc) is 3.28. The van der Waals surface area contributed by atoms with Crippen LogP contribution < -0.4 is 14.8 Å². The highest BCUT2D eigenvalue weighted by Crippen LogP contribution is 2.37. The van der Waals surface area contributed by atoms with E-state index in [2.05, 4.69) is 20.4 Å². The highest BCUT2D eigenvalue weighted by atomic mass is 16.5. The zero-order chi connectivity index (χ0) is 20.1. The standard InChI is InChI=1S/C21H24N4O4/c1-26-17-7-3-6-16(19(17)27-2)20-24-21(29-25-20)15-8-9-18(23-12-15)22-11-14-5-4-10-28-13-14/h3,6-9,12,14H,4-5,10-11,13H2,1-2H3,(H,22,23)/t14-/m0/s1. The van der Waals surface area contributed by atoms with Crippen LogP contribution in [0.4, 0.5) is 5.82 Å². The molecule has 3 heterocycles. The average molecular weight is 396 g/mol. The third kappa shape index (κ3) is 4.32. The van der Waals surface area contributed by atoms with Gasteiger partial charge in [-0.05, 0) is 43.0 Å². The third-order valence-electron chi connectivity index (χ3n) is 4.91. The largest absolute Gasteiger partial charge is 0.493 e. The quantitative estimate of drug-likeness (QED) is 0.647. The zero-order valence-electron chi connectivity index (χ0n) is 16.6. The molecule has 3 aromatic rings. The molecule has 4 rings (SSSR count). The number of hydrogen-bond donors (Lipinski definition) is 1. The van der Waals surface area contributed by atoms with E-state index in [-0.39, 0.29) is 0 Å². The fraction of sp³-hybridized carbons (Fsp3) is 0.381. The molecule has 1 aliphatic heterocycles. The molecule has 0 bridgehead atoms. The van der Waals surface area contributed by atoms with Gasteiger partial charge in [-0.25, -0.2) is 4.98 Å². The van der Waals surface area contributed by atoms with Gasteiger partial charge in [-0.1, -0.05) is 11.2 Å². The Balaban J connectivity index is 1.47. The molecule has 152 valence electrons. The predicted molar refractivity (Wildman–Crippen MR) is 108 cm³/mol. The minimum Gasteiger partial charge on any atom is -0.493 e. The molecule has 29 heavy (non-hydrogen) atoms. The smallest absolute Gasteiger partial charge is 0.259 e.